The van der Waals surface area contributed by atoms with Crippen LogP contribution < -0.4 is 0 Å². The molecule has 4 heteroatoms. The maximum absolute atomic E-state index is 5.39. The molecule has 3 aromatic heterocycles. The van der Waals surface area contributed by atoms with Gasteiger partial charge in [-0.15, -0.1) is 0 Å². The summed E-state index contributed by atoms with van der Waals surface area (Å²) in [6.45, 7) is 0. The Morgan fingerprint density at radius 1 is 0.274 bits per heavy atom. The van der Waals surface area contributed by atoms with Gasteiger partial charge in [-0.1, -0.05) is 188 Å². The first kappa shape index (κ1) is 35.6. The zero-order valence-corrected chi connectivity index (χ0v) is 33.7. The lowest BCUT2D eigenvalue weighted by molar-refractivity contribution is 1.05. The van der Waals surface area contributed by atoms with Gasteiger partial charge in [-0.3, -0.25) is 4.57 Å². The Morgan fingerprint density at radius 3 is 1.34 bits per heavy atom. The topological polar surface area (TPSA) is 35.6 Å². The summed E-state index contributed by atoms with van der Waals surface area (Å²) in [5.41, 5.74) is 15.6. The fourth-order valence-corrected chi connectivity index (χ4v) is 9.20. The van der Waals surface area contributed by atoms with Crippen LogP contribution in [0, 0.1) is 0 Å². The Kier molecular flexibility index (Phi) is 8.46. The standard InChI is InChI=1S/C58H38N4/c1-5-17-39(18-6-1)41-29-31-44(32-30-41)58-59-51(43-23-11-4-12-24-43)38-57(60-58)62-53-28-16-14-26-47(53)50-36-55-49(37-56(50)62)46-25-13-15-27-52(46)61(55)54-34-33-45(40-19-7-2-8-20-40)35-48(54)42-21-9-3-10-22-42/h1-38H. The van der Waals surface area contributed by atoms with E-state index < -0.39 is 0 Å². The van der Waals surface area contributed by atoms with E-state index in [0.717, 1.165) is 66.7 Å². The van der Waals surface area contributed by atoms with Gasteiger partial charge in [-0.05, 0) is 64.2 Å². The first-order valence-electron chi connectivity index (χ1n) is 21.1. The third-order valence-corrected chi connectivity index (χ3v) is 12.2. The Bertz CT molecular complexity index is 3590. The van der Waals surface area contributed by atoms with Gasteiger partial charge in [0.1, 0.15) is 5.82 Å². The second-order valence-corrected chi connectivity index (χ2v) is 15.8. The average Bonchev–Trinajstić information content (AvgIpc) is 3.86. The van der Waals surface area contributed by atoms with Crippen molar-refractivity contribution in [1.82, 2.24) is 19.1 Å². The van der Waals surface area contributed by atoms with Crippen molar-refractivity contribution in [3.8, 4) is 67.5 Å². The number of nitrogens with zero attached hydrogens (tertiary/aromatic N) is 4. The first-order chi connectivity index (χ1) is 30.7. The second kappa shape index (κ2) is 14.7. The molecule has 0 spiro atoms. The van der Waals surface area contributed by atoms with Crippen LogP contribution in [0.15, 0.2) is 231 Å². The molecule has 0 amide bonds. The Hall–Kier alpha value is -8.34. The Balaban J connectivity index is 1.11. The third kappa shape index (κ3) is 6.00. The predicted molar refractivity (Wildman–Crippen MR) is 258 cm³/mol. The molecule has 4 nitrogen and oxygen atoms in total. The second-order valence-electron chi connectivity index (χ2n) is 15.8. The van der Waals surface area contributed by atoms with E-state index in [0.29, 0.717) is 5.82 Å². The lowest BCUT2D eigenvalue weighted by Crippen LogP contribution is -2.02. The molecule has 0 aliphatic heterocycles. The Labute approximate surface area is 359 Å². The molecule has 12 rings (SSSR count). The highest BCUT2D eigenvalue weighted by molar-refractivity contribution is 6.19. The highest BCUT2D eigenvalue weighted by Crippen LogP contribution is 2.42. The first-order valence-corrected chi connectivity index (χ1v) is 21.1. The van der Waals surface area contributed by atoms with Crippen molar-refractivity contribution in [3.05, 3.63) is 231 Å². The SMILES string of the molecule is c1ccc(-c2ccc(-c3nc(-c4ccccc4)cc(-n4c5ccccc5c5cc6c(cc54)c4ccccc4n6-c4ccc(-c5ccccc5)cc4-c4ccccc4)n3)cc2)cc1. The number of benzene rings is 9. The number of rotatable bonds is 7. The lowest BCUT2D eigenvalue weighted by Gasteiger charge is -2.16. The molecule has 12 aromatic rings. The maximum Gasteiger partial charge on any atom is 0.162 e. The fraction of sp³-hybridized carbons (Fsp3) is 0. The van der Waals surface area contributed by atoms with Crippen LogP contribution in [-0.4, -0.2) is 19.1 Å². The molecule has 0 radical (unpaired) electrons. The van der Waals surface area contributed by atoms with E-state index >= 15 is 0 Å². The van der Waals surface area contributed by atoms with Gasteiger partial charge in [-0.2, -0.15) is 0 Å². The van der Waals surface area contributed by atoms with Crippen molar-refractivity contribution in [1.29, 1.82) is 0 Å². The Morgan fingerprint density at radius 2 is 0.726 bits per heavy atom. The minimum atomic E-state index is 0.678. The van der Waals surface area contributed by atoms with E-state index in [-0.39, 0.29) is 0 Å². The monoisotopic (exact) mass is 790 g/mol. The molecule has 290 valence electrons. The largest absolute Gasteiger partial charge is 0.309 e. The van der Waals surface area contributed by atoms with Crippen LogP contribution in [0.2, 0.25) is 0 Å². The minimum absolute atomic E-state index is 0.678. The average molecular weight is 791 g/mol. The number of hydrogen-bond donors (Lipinski definition) is 0. The molecular weight excluding hydrogens is 753 g/mol. The van der Waals surface area contributed by atoms with Gasteiger partial charge in [0.15, 0.2) is 5.82 Å². The van der Waals surface area contributed by atoms with Crippen LogP contribution in [0.4, 0.5) is 0 Å². The molecule has 0 bridgehead atoms. The van der Waals surface area contributed by atoms with E-state index in [2.05, 4.69) is 228 Å². The van der Waals surface area contributed by atoms with Crippen LogP contribution in [0.1, 0.15) is 0 Å². The van der Waals surface area contributed by atoms with Crippen LogP contribution >= 0.6 is 0 Å². The predicted octanol–water partition coefficient (Wildman–Crippen LogP) is 15.0. The molecule has 9 aromatic carbocycles. The number of para-hydroxylation sites is 2. The summed E-state index contributed by atoms with van der Waals surface area (Å²) in [4.78, 5) is 10.6. The summed E-state index contributed by atoms with van der Waals surface area (Å²) in [7, 11) is 0. The lowest BCUT2D eigenvalue weighted by atomic mass is 9.97. The maximum atomic E-state index is 5.39. The van der Waals surface area contributed by atoms with Gasteiger partial charge in [-0.25, -0.2) is 9.97 Å². The molecule has 0 saturated carbocycles. The van der Waals surface area contributed by atoms with Crippen LogP contribution in [0.25, 0.3) is 111 Å². The molecule has 3 heterocycles. The summed E-state index contributed by atoms with van der Waals surface area (Å²) in [6.07, 6.45) is 0. The summed E-state index contributed by atoms with van der Waals surface area (Å²) >= 11 is 0. The van der Waals surface area contributed by atoms with Crippen molar-refractivity contribution >= 4 is 43.6 Å². The van der Waals surface area contributed by atoms with E-state index in [9.17, 15) is 0 Å². The zero-order chi connectivity index (χ0) is 41.0. The molecule has 0 aliphatic carbocycles. The van der Waals surface area contributed by atoms with Crippen molar-refractivity contribution in [2.75, 3.05) is 0 Å². The zero-order valence-electron chi connectivity index (χ0n) is 33.7. The molecule has 0 atom stereocenters. The molecule has 0 unspecified atom stereocenters. The van der Waals surface area contributed by atoms with Crippen LogP contribution in [0.3, 0.4) is 0 Å². The van der Waals surface area contributed by atoms with Gasteiger partial charge < -0.3 is 4.57 Å². The summed E-state index contributed by atoms with van der Waals surface area (Å²) in [5.74, 6) is 1.50. The van der Waals surface area contributed by atoms with E-state index in [4.69, 9.17) is 9.97 Å². The van der Waals surface area contributed by atoms with Gasteiger partial charge >= 0.3 is 0 Å². The highest BCUT2D eigenvalue weighted by atomic mass is 15.1. The number of aromatic nitrogens is 4. The smallest absolute Gasteiger partial charge is 0.162 e. The number of fused-ring (bicyclic) bond motifs is 6. The molecular formula is C58H38N4. The quantitative estimate of drug-likeness (QED) is 0.161. The van der Waals surface area contributed by atoms with Gasteiger partial charge in [0, 0.05) is 44.3 Å². The van der Waals surface area contributed by atoms with Gasteiger partial charge in [0.2, 0.25) is 0 Å². The van der Waals surface area contributed by atoms with Crippen molar-refractivity contribution < 1.29 is 0 Å². The third-order valence-electron chi connectivity index (χ3n) is 12.2. The fourth-order valence-electron chi connectivity index (χ4n) is 9.20. The molecule has 0 saturated heterocycles. The van der Waals surface area contributed by atoms with E-state index in [1.807, 2.05) is 12.1 Å². The van der Waals surface area contributed by atoms with Crippen molar-refractivity contribution in [2.24, 2.45) is 0 Å². The number of hydrogen-bond acceptors (Lipinski definition) is 2. The summed E-state index contributed by atoms with van der Waals surface area (Å²) < 4.78 is 4.79. The van der Waals surface area contributed by atoms with Crippen molar-refractivity contribution in [2.45, 2.75) is 0 Å². The molecule has 0 N–H and O–H groups in total. The molecule has 0 fully saturated rings. The molecule has 62 heavy (non-hydrogen) atoms. The van der Waals surface area contributed by atoms with Crippen LogP contribution in [0.5, 0.6) is 0 Å². The summed E-state index contributed by atoms with van der Waals surface area (Å²) in [6, 6.07) is 82.2. The van der Waals surface area contributed by atoms with E-state index in [1.54, 1.807) is 0 Å². The summed E-state index contributed by atoms with van der Waals surface area (Å²) in [5, 5.41) is 4.70. The minimum Gasteiger partial charge on any atom is -0.309 e. The van der Waals surface area contributed by atoms with Crippen LogP contribution in [-0.2, 0) is 0 Å². The van der Waals surface area contributed by atoms with Gasteiger partial charge in [0.05, 0.1) is 33.4 Å². The van der Waals surface area contributed by atoms with Crippen molar-refractivity contribution in [3.63, 3.8) is 0 Å². The highest BCUT2D eigenvalue weighted by Gasteiger charge is 2.22. The van der Waals surface area contributed by atoms with Gasteiger partial charge in [0.25, 0.3) is 0 Å². The van der Waals surface area contributed by atoms with E-state index in [1.165, 1.54) is 38.6 Å². The normalized spacial score (nSPS) is 11.5. The molecule has 0 aliphatic rings.